The fourth-order valence-electron chi connectivity index (χ4n) is 3.27. The summed E-state index contributed by atoms with van der Waals surface area (Å²) in [7, 11) is 0. The van der Waals surface area contributed by atoms with Gasteiger partial charge in [0.05, 0.1) is 12.1 Å². The Morgan fingerprint density at radius 3 is 1.90 bits per heavy atom. The standard InChI is InChI=1S/C19H22N2O2.C4H4O4/c1-2-20-13-17(18(22)14-20)21(16-11-7-4-8-12-16)19(23)15-9-5-3-6-10-15;5-3(6)1-2-4(7)8/h3-12,17-18,22H,2,13-14H2,1H3;1-2H,(H,5,6)(H,7,8)/b;2-1+/t17-,18-;/m1./s1. The molecule has 2 aromatic rings. The first-order valence-corrected chi connectivity index (χ1v) is 9.81. The number of aliphatic hydroxyl groups is 1. The molecular weight excluding hydrogens is 400 g/mol. The lowest BCUT2D eigenvalue weighted by Gasteiger charge is -2.31. The van der Waals surface area contributed by atoms with Gasteiger partial charge in [-0.1, -0.05) is 43.3 Å². The smallest absolute Gasteiger partial charge is 0.328 e. The maximum atomic E-state index is 13.1. The molecule has 8 nitrogen and oxygen atoms in total. The third-order valence-electron chi connectivity index (χ3n) is 4.76. The van der Waals surface area contributed by atoms with Gasteiger partial charge in [0.15, 0.2) is 0 Å². The van der Waals surface area contributed by atoms with E-state index in [1.807, 2.05) is 60.7 Å². The molecule has 3 rings (SSSR count). The van der Waals surface area contributed by atoms with Crippen molar-refractivity contribution in [2.75, 3.05) is 24.5 Å². The first-order valence-electron chi connectivity index (χ1n) is 9.81. The van der Waals surface area contributed by atoms with E-state index in [1.165, 1.54) is 0 Å². The highest BCUT2D eigenvalue weighted by atomic mass is 16.4. The van der Waals surface area contributed by atoms with E-state index in [2.05, 4.69) is 11.8 Å². The lowest BCUT2D eigenvalue weighted by Crippen LogP contribution is -2.47. The van der Waals surface area contributed by atoms with Crippen LogP contribution in [0.1, 0.15) is 17.3 Å². The Hall–Kier alpha value is -3.49. The summed E-state index contributed by atoms with van der Waals surface area (Å²) in [5, 5.41) is 26.1. The summed E-state index contributed by atoms with van der Waals surface area (Å²) in [4.78, 5) is 36.1. The van der Waals surface area contributed by atoms with Gasteiger partial charge in [-0.25, -0.2) is 9.59 Å². The second-order valence-electron chi connectivity index (χ2n) is 6.87. The van der Waals surface area contributed by atoms with E-state index in [1.54, 1.807) is 4.90 Å². The molecule has 31 heavy (non-hydrogen) atoms. The number of para-hydroxylation sites is 1. The number of nitrogens with zero attached hydrogens (tertiary/aromatic N) is 2. The molecule has 0 radical (unpaired) electrons. The van der Waals surface area contributed by atoms with Crippen LogP contribution in [-0.4, -0.2) is 69.8 Å². The maximum Gasteiger partial charge on any atom is 0.328 e. The number of carbonyl (C=O) groups excluding carboxylic acids is 1. The number of amides is 1. The Bertz CT molecular complexity index is 885. The normalized spacial score (nSPS) is 18.3. The molecule has 0 saturated carbocycles. The molecule has 1 aliphatic heterocycles. The fourth-order valence-corrected chi connectivity index (χ4v) is 3.27. The Morgan fingerprint density at radius 1 is 0.935 bits per heavy atom. The number of β-amino-alcohol motifs (C(OH)–C–C–N with tert-alkyl or cyclic N) is 1. The molecule has 8 heteroatoms. The lowest BCUT2D eigenvalue weighted by atomic mass is 10.1. The number of rotatable bonds is 6. The van der Waals surface area contributed by atoms with Crippen molar-refractivity contribution in [1.29, 1.82) is 0 Å². The van der Waals surface area contributed by atoms with E-state index in [9.17, 15) is 19.5 Å². The molecule has 1 amide bonds. The fraction of sp³-hybridized carbons (Fsp3) is 0.261. The average Bonchev–Trinajstić information content (AvgIpc) is 3.14. The van der Waals surface area contributed by atoms with Gasteiger partial charge in [0.2, 0.25) is 0 Å². The topological polar surface area (TPSA) is 118 Å². The molecular formula is C23H26N2O6. The van der Waals surface area contributed by atoms with Crippen LogP contribution in [0.3, 0.4) is 0 Å². The van der Waals surface area contributed by atoms with Gasteiger partial charge in [-0.15, -0.1) is 0 Å². The van der Waals surface area contributed by atoms with E-state index in [0.717, 1.165) is 12.2 Å². The monoisotopic (exact) mass is 426 g/mol. The van der Waals surface area contributed by atoms with Crippen LogP contribution in [0.15, 0.2) is 72.8 Å². The first kappa shape index (κ1) is 23.8. The molecule has 0 aliphatic carbocycles. The van der Waals surface area contributed by atoms with Crippen LogP contribution in [0.4, 0.5) is 5.69 Å². The highest BCUT2D eigenvalue weighted by molar-refractivity contribution is 6.06. The summed E-state index contributed by atoms with van der Waals surface area (Å²) in [6.07, 6.45) is 0.577. The van der Waals surface area contributed by atoms with E-state index in [-0.39, 0.29) is 11.9 Å². The van der Waals surface area contributed by atoms with Gasteiger partial charge in [0.1, 0.15) is 0 Å². The molecule has 3 N–H and O–H groups in total. The van der Waals surface area contributed by atoms with Crippen molar-refractivity contribution >= 4 is 23.5 Å². The van der Waals surface area contributed by atoms with Gasteiger partial charge < -0.3 is 20.2 Å². The predicted molar refractivity (Wildman–Crippen MR) is 116 cm³/mol. The second kappa shape index (κ2) is 11.6. The van der Waals surface area contributed by atoms with Gasteiger partial charge in [-0.05, 0) is 30.8 Å². The van der Waals surface area contributed by atoms with Crippen LogP contribution >= 0.6 is 0 Å². The minimum atomic E-state index is -1.26. The second-order valence-corrected chi connectivity index (χ2v) is 6.87. The van der Waals surface area contributed by atoms with Gasteiger partial charge in [0.25, 0.3) is 5.91 Å². The summed E-state index contributed by atoms with van der Waals surface area (Å²) < 4.78 is 0. The van der Waals surface area contributed by atoms with Crippen molar-refractivity contribution in [3.63, 3.8) is 0 Å². The van der Waals surface area contributed by atoms with Gasteiger partial charge >= 0.3 is 11.9 Å². The van der Waals surface area contributed by atoms with Crippen molar-refractivity contribution in [3.05, 3.63) is 78.4 Å². The molecule has 0 aromatic heterocycles. The number of hydrogen-bond donors (Lipinski definition) is 3. The molecule has 2 aromatic carbocycles. The van der Waals surface area contributed by atoms with Crippen LogP contribution in [0.25, 0.3) is 0 Å². The molecule has 1 fully saturated rings. The number of carboxylic acids is 2. The van der Waals surface area contributed by atoms with Crippen LogP contribution in [-0.2, 0) is 9.59 Å². The van der Waals surface area contributed by atoms with Crippen LogP contribution < -0.4 is 4.90 Å². The highest BCUT2D eigenvalue weighted by Crippen LogP contribution is 2.25. The minimum Gasteiger partial charge on any atom is -0.478 e. The Morgan fingerprint density at radius 2 is 1.45 bits per heavy atom. The number of anilines is 1. The Kier molecular flexibility index (Phi) is 8.93. The molecule has 0 spiro atoms. The molecule has 0 unspecified atom stereocenters. The quantitative estimate of drug-likeness (QED) is 0.606. The molecule has 2 atom stereocenters. The van der Waals surface area contributed by atoms with Crippen molar-refractivity contribution in [1.82, 2.24) is 4.90 Å². The molecule has 0 bridgehead atoms. The average molecular weight is 426 g/mol. The number of benzene rings is 2. The summed E-state index contributed by atoms with van der Waals surface area (Å²) in [5.74, 6) is -2.58. The zero-order chi connectivity index (χ0) is 22.8. The third-order valence-corrected chi connectivity index (χ3v) is 4.76. The lowest BCUT2D eigenvalue weighted by molar-refractivity contribution is -0.134. The number of likely N-dealkylation sites (N-methyl/N-ethyl adjacent to an activating group) is 1. The first-order chi connectivity index (χ1) is 14.8. The molecule has 1 saturated heterocycles. The number of carboxylic acid groups (broad SMARTS) is 2. The molecule has 1 aliphatic rings. The maximum absolute atomic E-state index is 13.1. The van der Waals surface area contributed by atoms with E-state index in [4.69, 9.17) is 10.2 Å². The van der Waals surface area contributed by atoms with E-state index >= 15 is 0 Å². The zero-order valence-electron chi connectivity index (χ0n) is 17.2. The van der Waals surface area contributed by atoms with Crippen LogP contribution in [0.5, 0.6) is 0 Å². The summed E-state index contributed by atoms with van der Waals surface area (Å²) in [5.41, 5.74) is 1.46. The third kappa shape index (κ3) is 7.06. The molecule has 164 valence electrons. The van der Waals surface area contributed by atoms with Crippen molar-refractivity contribution in [2.24, 2.45) is 0 Å². The number of aliphatic carboxylic acids is 2. The van der Waals surface area contributed by atoms with Gasteiger partial charge in [0, 0.05) is 36.5 Å². The molecule has 1 heterocycles. The number of aliphatic hydroxyl groups excluding tert-OH is 1. The van der Waals surface area contributed by atoms with E-state index < -0.39 is 18.0 Å². The predicted octanol–water partition coefficient (Wildman–Crippen LogP) is 2.11. The Labute approximate surface area is 180 Å². The minimum absolute atomic E-state index is 0.0706. The number of likely N-dealkylation sites (tertiary alicyclic amines) is 1. The number of carbonyl (C=O) groups is 3. The highest BCUT2D eigenvalue weighted by Gasteiger charge is 2.38. The van der Waals surface area contributed by atoms with E-state index in [0.29, 0.717) is 30.8 Å². The Balaban J connectivity index is 0.000000366. The van der Waals surface area contributed by atoms with Crippen LogP contribution in [0.2, 0.25) is 0 Å². The largest absolute Gasteiger partial charge is 0.478 e. The van der Waals surface area contributed by atoms with Gasteiger partial charge in [-0.3, -0.25) is 9.69 Å². The van der Waals surface area contributed by atoms with Crippen LogP contribution in [0, 0.1) is 0 Å². The summed E-state index contributed by atoms with van der Waals surface area (Å²) in [6.45, 7) is 4.23. The van der Waals surface area contributed by atoms with Gasteiger partial charge in [-0.2, -0.15) is 0 Å². The van der Waals surface area contributed by atoms with Crippen molar-refractivity contribution in [3.8, 4) is 0 Å². The summed E-state index contributed by atoms with van der Waals surface area (Å²) >= 11 is 0. The number of hydrogen-bond acceptors (Lipinski definition) is 5. The van der Waals surface area contributed by atoms with Crippen molar-refractivity contribution < 1.29 is 29.7 Å². The zero-order valence-corrected chi connectivity index (χ0v) is 17.2. The SMILES string of the molecule is CCN1C[C@@H](O)[C@H](N(C(=O)c2ccccc2)c2ccccc2)C1.O=C(O)/C=C/C(=O)O. The van der Waals surface area contributed by atoms with Crippen molar-refractivity contribution in [2.45, 2.75) is 19.1 Å². The summed E-state index contributed by atoms with van der Waals surface area (Å²) in [6, 6.07) is 18.6.